The summed E-state index contributed by atoms with van der Waals surface area (Å²) in [7, 11) is 8.24. The van der Waals surface area contributed by atoms with Crippen LogP contribution in [0, 0.1) is 11.8 Å². The van der Waals surface area contributed by atoms with E-state index in [2.05, 4.69) is 15.3 Å². The molecule has 218 valence electrons. The van der Waals surface area contributed by atoms with E-state index in [4.69, 9.17) is 11.6 Å². The van der Waals surface area contributed by atoms with Crippen molar-refractivity contribution in [2.24, 2.45) is 7.05 Å². The summed E-state index contributed by atoms with van der Waals surface area (Å²) in [4.78, 5) is 52.6. The fourth-order valence-electron chi connectivity index (χ4n) is 4.47. The molecule has 1 saturated heterocycles. The van der Waals surface area contributed by atoms with Gasteiger partial charge in [-0.1, -0.05) is 11.6 Å². The van der Waals surface area contributed by atoms with Gasteiger partial charge in [-0.15, -0.1) is 0 Å². The zero-order chi connectivity index (χ0) is 30.0. The lowest BCUT2D eigenvalue weighted by molar-refractivity contribution is -0.133. The van der Waals surface area contributed by atoms with E-state index in [1.54, 1.807) is 28.8 Å². The van der Waals surface area contributed by atoms with Crippen LogP contribution in [0.25, 0.3) is 11.3 Å². The van der Waals surface area contributed by atoms with Crippen molar-refractivity contribution in [2.75, 3.05) is 71.1 Å². The van der Waals surface area contributed by atoms with E-state index in [9.17, 15) is 23.2 Å². The summed E-state index contributed by atoms with van der Waals surface area (Å²) in [5.74, 6) is -2.72. The van der Waals surface area contributed by atoms with Crippen LogP contribution in [0.4, 0.5) is 20.3 Å². The van der Waals surface area contributed by atoms with Crippen LogP contribution in [0.15, 0.2) is 30.5 Å². The number of imidazole rings is 1. The van der Waals surface area contributed by atoms with Crippen molar-refractivity contribution in [1.82, 2.24) is 29.2 Å². The first-order chi connectivity index (χ1) is 19.4. The van der Waals surface area contributed by atoms with Crippen LogP contribution in [-0.4, -0.2) is 108 Å². The van der Waals surface area contributed by atoms with Crippen molar-refractivity contribution in [3.63, 3.8) is 0 Å². The first-order valence-corrected chi connectivity index (χ1v) is 13.1. The van der Waals surface area contributed by atoms with Gasteiger partial charge >= 0.3 is 0 Å². The lowest BCUT2D eigenvalue weighted by Crippen LogP contribution is -2.52. The average Bonchev–Trinajstić information content (AvgIpc) is 3.30. The predicted molar refractivity (Wildman–Crippen MR) is 151 cm³/mol. The number of amides is 3. The smallest absolute Gasteiger partial charge is 0.291 e. The summed E-state index contributed by atoms with van der Waals surface area (Å²) in [5.41, 5.74) is 0.598. The Labute approximate surface area is 241 Å². The lowest BCUT2D eigenvalue weighted by atomic mass is 10.1. The molecule has 1 aliphatic heterocycles. The van der Waals surface area contributed by atoms with Gasteiger partial charge in [0, 0.05) is 53.0 Å². The van der Waals surface area contributed by atoms with Crippen molar-refractivity contribution in [3.05, 3.63) is 58.6 Å². The van der Waals surface area contributed by atoms with E-state index in [0.29, 0.717) is 38.4 Å². The zero-order valence-corrected chi connectivity index (χ0v) is 24.2. The SMILES string of the molecule is CN(C)CC(=O)N1CCN(C(=O)c2ccc(NC(=O)c3ncc(-c4cc(F)c(N(C)C)nc4F)n3C)cc2Cl)CC1. The van der Waals surface area contributed by atoms with Gasteiger partial charge in [0.15, 0.2) is 17.5 Å². The van der Waals surface area contributed by atoms with E-state index >= 15 is 0 Å². The van der Waals surface area contributed by atoms with Gasteiger partial charge < -0.3 is 29.5 Å². The number of hydrogen-bond acceptors (Lipinski definition) is 7. The lowest BCUT2D eigenvalue weighted by Gasteiger charge is -2.35. The molecule has 4 rings (SSSR count). The number of anilines is 2. The summed E-state index contributed by atoms with van der Waals surface area (Å²) < 4.78 is 30.5. The molecule has 3 amide bonds. The van der Waals surface area contributed by atoms with Crippen molar-refractivity contribution >= 4 is 40.8 Å². The normalized spacial score (nSPS) is 13.5. The second kappa shape index (κ2) is 12.2. The van der Waals surface area contributed by atoms with Crippen molar-refractivity contribution in [3.8, 4) is 11.3 Å². The van der Waals surface area contributed by atoms with Gasteiger partial charge in [-0.25, -0.2) is 9.37 Å². The van der Waals surface area contributed by atoms with Gasteiger partial charge in [0.25, 0.3) is 11.8 Å². The molecule has 0 bridgehead atoms. The molecular formula is C27H31ClF2N8O3. The molecule has 3 heterocycles. The largest absolute Gasteiger partial charge is 0.360 e. The highest BCUT2D eigenvalue weighted by Gasteiger charge is 2.27. The molecule has 14 heteroatoms. The molecule has 1 aliphatic rings. The molecule has 0 spiro atoms. The minimum Gasteiger partial charge on any atom is -0.360 e. The topological polar surface area (TPSA) is 107 Å². The average molecular weight is 589 g/mol. The monoisotopic (exact) mass is 588 g/mol. The third kappa shape index (κ3) is 6.46. The van der Waals surface area contributed by atoms with Gasteiger partial charge in [-0.3, -0.25) is 14.4 Å². The Morgan fingerprint density at radius 2 is 1.68 bits per heavy atom. The molecule has 0 aliphatic carbocycles. The third-order valence-corrected chi connectivity index (χ3v) is 6.94. The first-order valence-electron chi connectivity index (χ1n) is 12.8. The molecule has 11 nitrogen and oxygen atoms in total. The number of nitrogens with zero attached hydrogens (tertiary/aromatic N) is 7. The van der Waals surface area contributed by atoms with E-state index in [0.717, 1.165) is 6.07 Å². The van der Waals surface area contributed by atoms with Gasteiger partial charge in [0.2, 0.25) is 11.9 Å². The second-order valence-corrected chi connectivity index (χ2v) is 10.5. The fraction of sp³-hybridized carbons (Fsp3) is 0.370. The van der Waals surface area contributed by atoms with Crippen molar-refractivity contribution in [2.45, 2.75) is 0 Å². The summed E-state index contributed by atoms with van der Waals surface area (Å²) in [5, 5.41) is 2.81. The number of likely N-dealkylation sites (N-methyl/N-ethyl adjacent to an activating group) is 1. The Morgan fingerprint density at radius 3 is 2.29 bits per heavy atom. The number of benzene rings is 1. The van der Waals surface area contributed by atoms with Crippen LogP contribution >= 0.6 is 11.6 Å². The van der Waals surface area contributed by atoms with Crippen LogP contribution in [0.3, 0.4) is 0 Å². The minimum absolute atomic E-state index is 0.0104. The molecule has 1 N–H and O–H groups in total. The molecule has 41 heavy (non-hydrogen) atoms. The van der Waals surface area contributed by atoms with Crippen LogP contribution in [0.2, 0.25) is 5.02 Å². The number of nitrogens with one attached hydrogen (secondary N) is 1. The number of halogens is 3. The van der Waals surface area contributed by atoms with Crippen LogP contribution in [0.1, 0.15) is 21.0 Å². The Balaban J connectivity index is 1.43. The van der Waals surface area contributed by atoms with Crippen LogP contribution in [0.5, 0.6) is 0 Å². The highest BCUT2D eigenvalue weighted by Crippen LogP contribution is 2.28. The number of pyridine rings is 1. The zero-order valence-electron chi connectivity index (χ0n) is 23.4. The Bertz CT molecular complexity index is 1490. The number of rotatable bonds is 7. The van der Waals surface area contributed by atoms with Gasteiger partial charge in [0.1, 0.15) is 0 Å². The number of carbonyl (C=O) groups is 3. The third-order valence-electron chi connectivity index (χ3n) is 6.63. The van der Waals surface area contributed by atoms with E-state index in [-0.39, 0.29) is 45.3 Å². The summed E-state index contributed by atoms with van der Waals surface area (Å²) in [6.45, 7) is 1.94. The standard InChI is InChI=1S/C27H31ClF2N8O3/c1-34(2)15-22(39)37-8-10-38(11-9-37)27(41)17-7-6-16(12-19(17)28)32-26(40)25-31-14-21(36(25)5)18-13-20(29)24(35(3)4)33-23(18)30/h6-7,12-14H,8-11,15H2,1-5H3,(H,32,40). The first kappa shape index (κ1) is 29.9. The number of carbonyl (C=O) groups excluding carboxylic acids is 3. The maximum Gasteiger partial charge on any atom is 0.291 e. The summed E-state index contributed by atoms with van der Waals surface area (Å²) in [6, 6.07) is 5.51. The molecule has 0 radical (unpaired) electrons. The number of hydrogen-bond donors (Lipinski definition) is 1. The highest BCUT2D eigenvalue weighted by atomic mass is 35.5. The number of aromatic nitrogens is 3. The molecule has 3 aromatic rings. The Hall–Kier alpha value is -4.10. The molecule has 1 fully saturated rings. The summed E-state index contributed by atoms with van der Waals surface area (Å²) >= 11 is 6.41. The maximum absolute atomic E-state index is 14.7. The Kier molecular flexibility index (Phi) is 8.88. The number of piperazine rings is 1. The predicted octanol–water partition coefficient (Wildman–Crippen LogP) is 2.58. The van der Waals surface area contributed by atoms with Crippen LogP contribution < -0.4 is 10.2 Å². The molecule has 0 saturated carbocycles. The Morgan fingerprint density at radius 1 is 1.02 bits per heavy atom. The van der Waals surface area contributed by atoms with E-state index in [1.807, 2.05) is 14.1 Å². The van der Waals surface area contributed by atoms with Crippen LogP contribution in [-0.2, 0) is 11.8 Å². The van der Waals surface area contributed by atoms with E-state index in [1.165, 1.54) is 40.9 Å². The fourth-order valence-corrected chi connectivity index (χ4v) is 4.74. The molecule has 1 aromatic carbocycles. The quantitative estimate of drug-likeness (QED) is 0.423. The molecular weight excluding hydrogens is 558 g/mol. The van der Waals surface area contributed by atoms with Gasteiger partial charge in [0.05, 0.1) is 34.6 Å². The maximum atomic E-state index is 14.7. The second-order valence-electron chi connectivity index (χ2n) is 10.1. The molecule has 0 unspecified atom stereocenters. The van der Waals surface area contributed by atoms with E-state index < -0.39 is 17.7 Å². The van der Waals surface area contributed by atoms with Crippen molar-refractivity contribution < 1.29 is 23.2 Å². The molecule has 2 aromatic heterocycles. The van der Waals surface area contributed by atoms with Crippen molar-refractivity contribution in [1.29, 1.82) is 0 Å². The molecule has 0 atom stereocenters. The highest BCUT2D eigenvalue weighted by molar-refractivity contribution is 6.34. The van der Waals surface area contributed by atoms with Gasteiger partial charge in [-0.05, 0) is 38.4 Å². The minimum atomic E-state index is -0.904. The van der Waals surface area contributed by atoms with Gasteiger partial charge in [-0.2, -0.15) is 9.37 Å². The summed E-state index contributed by atoms with van der Waals surface area (Å²) in [6.07, 6.45) is 1.26.